The van der Waals surface area contributed by atoms with Crippen molar-refractivity contribution in [2.45, 2.75) is 26.3 Å². The summed E-state index contributed by atoms with van der Waals surface area (Å²) in [5.74, 6) is -0.305. The summed E-state index contributed by atoms with van der Waals surface area (Å²) in [4.78, 5) is 35.7. The molecule has 0 fully saturated rings. The zero-order valence-electron chi connectivity index (χ0n) is 18.9. The molecule has 0 spiro atoms. The summed E-state index contributed by atoms with van der Waals surface area (Å²) in [6.07, 6.45) is 1.01. The van der Waals surface area contributed by atoms with Crippen molar-refractivity contribution in [3.63, 3.8) is 0 Å². The standard InChI is InChI=1S/C23H27IN4O6/c1-3-32-19-12-16(10-17(24)21(19)34-14-20(25)29)13-26-28-22(30)18(27-23(31)33-4-2)11-15-8-6-5-7-9-15/h5-10,12-13,18H,3-4,11,14H2,1-2H3,(H2,25,29)(H,27,31)(H,28,30)/b26-13-/t18-/m0/s1. The molecule has 0 aliphatic rings. The average Bonchev–Trinajstić information content (AvgIpc) is 2.79. The number of carbonyl (C=O) groups is 3. The Balaban J connectivity index is 2.13. The molecule has 0 saturated carbocycles. The first kappa shape index (κ1) is 26.9. The Bertz CT molecular complexity index is 1020. The van der Waals surface area contributed by atoms with Gasteiger partial charge in [-0.25, -0.2) is 10.2 Å². The Kier molecular flexibility index (Phi) is 11.1. The van der Waals surface area contributed by atoms with E-state index in [2.05, 4.69) is 15.8 Å². The van der Waals surface area contributed by atoms with Crippen molar-refractivity contribution in [2.24, 2.45) is 10.8 Å². The molecule has 2 aromatic carbocycles. The van der Waals surface area contributed by atoms with E-state index in [0.29, 0.717) is 27.2 Å². The van der Waals surface area contributed by atoms with Crippen LogP contribution in [0.1, 0.15) is 25.0 Å². The van der Waals surface area contributed by atoms with E-state index >= 15 is 0 Å². The molecular weight excluding hydrogens is 555 g/mol. The minimum absolute atomic E-state index is 0.184. The number of carbonyl (C=O) groups excluding carboxylic acids is 3. The fraction of sp³-hybridized carbons (Fsp3) is 0.304. The summed E-state index contributed by atoms with van der Waals surface area (Å²) in [5, 5.41) is 6.57. The molecule has 182 valence electrons. The van der Waals surface area contributed by atoms with Crippen molar-refractivity contribution < 1.29 is 28.6 Å². The van der Waals surface area contributed by atoms with Gasteiger partial charge in [-0.05, 0) is 59.7 Å². The van der Waals surface area contributed by atoms with E-state index in [-0.39, 0.29) is 19.6 Å². The number of nitrogens with one attached hydrogen (secondary N) is 2. The third-order valence-corrected chi connectivity index (χ3v) is 5.05. The molecule has 0 saturated heterocycles. The first-order valence-electron chi connectivity index (χ1n) is 10.5. The van der Waals surface area contributed by atoms with E-state index in [4.69, 9.17) is 19.9 Å². The van der Waals surface area contributed by atoms with Crippen molar-refractivity contribution in [1.29, 1.82) is 0 Å². The average molecular weight is 582 g/mol. The van der Waals surface area contributed by atoms with E-state index in [1.165, 1.54) is 6.21 Å². The van der Waals surface area contributed by atoms with Gasteiger partial charge in [0.15, 0.2) is 18.1 Å². The lowest BCUT2D eigenvalue weighted by Crippen LogP contribution is -2.47. The summed E-state index contributed by atoms with van der Waals surface area (Å²) >= 11 is 2.04. The summed E-state index contributed by atoms with van der Waals surface area (Å²) in [6.45, 7) is 3.77. The molecule has 0 radical (unpaired) electrons. The molecule has 10 nitrogen and oxygen atoms in total. The highest BCUT2D eigenvalue weighted by atomic mass is 127. The Morgan fingerprint density at radius 1 is 1.12 bits per heavy atom. The van der Waals surface area contributed by atoms with Crippen LogP contribution in [-0.2, 0) is 20.7 Å². The van der Waals surface area contributed by atoms with Gasteiger partial charge in [-0.15, -0.1) is 0 Å². The lowest BCUT2D eigenvalue weighted by atomic mass is 10.1. The van der Waals surface area contributed by atoms with Crippen LogP contribution >= 0.6 is 22.6 Å². The lowest BCUT2D eigenvalue weighted by molar-refractivity contribution is -0.123. The van der Waals surface area contributed by atoms with Gasteiger partial charge in [0.25, 0.3) is 11.8 Å². The molecular formula is C23H27IN4O6. The van der Waals surface area contributed by atoms with Gasteiger partial charge in [0.05, 0.1) is 23.0 Å². The lowest BCUT2D eigenvalue weighted by Gasteiger charge is -2.17. The largest absolute Gasteiger partial charge is 0.490 e. The molecule has 0 bridgehead atoms. The van der Waals surface area contributed by atoms with Gasteiger partial charge < -0.3 is 25.3 Å². The van der Waals surface area contributed by atoms with Crippen LogP contribution < -0.4 is 25.9 Å². The monoisotopic (exact) mass is 582 g/mol. The molecule has 0 heterocycles. The zero-order valence-corrected chi connectivity index (χ0v) is 21.0. The Hall–Kier alpha value is -3.35. The highest BCUT2D eigenvalue weighted by Crippen LogP contribution is 2.33. The number of nitrogens with two attached hydrogens (primary N) is 1. The van der Waals surface area contributed by atoms with Crippen molar-refractivity contribution in [3.8, 4) is 11.5 Å². The number of hydrogen-bond donors (Lipinski definition) is 3. The van der Waals surface area contributed by atoms with Crippen LogP contribution in [0.4, 0.5) is 4.79 Å². The number of primary amides is 1. The molecule has 2 aromatic rings. The fourth-order valence-electron chi connectivity index (χ4n) is 2.83. The van der Waals surface area contributed by atoms with Crippen LogP contribution in [-0.4, -0.2) is 50.0 Å². The first-order chi connectivity index (χ1) is 16.3. The van der Waals surface area contributed by atoms with Crippen molar-refractivity contribution in [2.75, 3.05) is 19.8 Å². The van der Waals surface area contributed by atoms with E-state index in [1.807, 2.05) is 59.8 Å². The maximum Gasteiger partial charge on any atom is 0.407 e. The number of alkyl carbamates (subject to hydrolysis) is 1. The topological polar surface area (TPSA) is 141 Å². The van der Waals surface area contributed by atoms with Crippen LogP contribution in [0, 0.1) is 3.57 Å². The minimum Gasteiger partial charge on any atom is -0.490 e. The van der Waals surface area contributed by atoms with E-state index in [1.54, 1.807) is 19.1 Å². The molecule has 0 aliphatic carbocycles. The molecule has 0 aromatic heterocycles. The third kappa shape index (κ3) is 8.89. The fourth-order valence-corrected chi connectivity index (χ4v) is 3.61. The molecule has 34 heavy (non-hydrogen) atoms. The minimum atomic E-state index is -0.887. The predicted octanol–water partition coefficient (Wildman–Crippen LogP) is 2.36. The van der Waals surface area contributed by atoms with Crippen LogP contribution in [0.2, 0.25) is 0 Å². The second-order valence-electron chi connectivity index (χ2n) is 6.86. The summed E-state index contributed by atoms with van der Waals surface area (Å²) in [5.41, 5.74) is 9.09. The predicted molar refractivity (Wildman–Crippen MR) is 135 cm³/mol. The van der Waals surface area contributed by atoms with Gasteiger partial charge >= 0.3 is 6.09 Å². The number of rotatable bonds is 12. The second-order valence-corrected chi connectivity index (χ2v) is 8.02. The molecule has 4 N–H and O–H groups in total. The molecule has 2 rings (SSSR count). The Labute approximate surface area is 211 Å². The van der Waals surface area contributed by atoms with Crippen LogP contribution in [0.3, 0.4) is 0 Å². The van der Waals surface area contributed by atoms with Crippen molar-refractivity contribution in [1.82, 2.24) is 10.7 Å². The normalized spacial score (nSPS) is 11.5. The van der Waals surface area contributed by atoms with Gasteiger partial charge in [0.1, 0.15) is 6.04 Å². The maximum atomic E-state index is 12.7. The number of halogens is 1. The van der Waals surface area contributed by atoms with Crippen molar-refractivity contribution >= 4 is 46.7 Å². The molecule has 0 unspecified atom stereocenters. The summed E-state index contributed by atoms with van der Waals surface area (Å²) in [6, 6.07) is 11.8. The van der Waals surface area contributed by atoms with Gasteiger partial charge in [-0.1, -0.05) is 30.3 Å². The number of amides is 3. The number of hydrazone groups is 1. The number of hydrogen-bond acceptors (Lipinski definition) is 7. The van der Waals surface area contributed by atoms with E-state index in [9.17, 15) is 14.4 Å². The van der Waals surface area contributed by atoms with Gasteiger partial charge in [-0.2, -0.15) is 5.10 Å². The molecule has 11 heteroatoms. The molecule has 0 aliphatic heterocycles. The molecule has 3 amide bonds. The molecule has 1 atom stereocenters. The zero-order chi connectivity index (χ0) is 24.9. The maximum absolute atomic E-state index is 12.7. The number of benzene rings is 2. The highest BCUT2D eigenvalue weighted by molar-refractivity contribution is 14.1. The smallest absolute Gasteiger partial charge is 0.407 e. The SMILES string of the molecule is CCOC(=O)N[C@@H](Cc1ccccc1)C(=O)N/N=C\c1cc(I)c(OCC(N)=O)c(OCC)c1. The Morgan fingerprint density at radius 3 is 2.50 bits per heavy atom. The van der Waals surface area contributed by atoms with Crippen LogP contribution in [0.15, 0.2) is 47.6 Å². The van der Waals surface area contributed by atoms with Gasteiger partial charge in [0, 0.05) is 6.42 Å². The van der Waals surface area contributed by atoms with E-state index < -0.39 is 23.9 Å². The van der Waals surface area contributed by atoms with Gasteiger partial charge in [0.2, 0.25) is 0 Å². The van der Waals surface area contributed by atoms with Crippen LogP contribution in [0.25, 0.3) is 0 Å². The number of nitrogens with zero attached hydrogens (tertiary/aromatic N) is 1. The summed E-state index contributed by atoms with van der Waals surface area (Å²) < 4.78 is 16.6. The summed E-state index contributed by atoms with van der Waals surface area (Å²) in [7, 11) is 0. The van der Waals surface area contributed by atoms with E-state index in [0.717, 1.165) is 5.56 Å². The Morgan fingerprint density at radius 2 is 1.85 bits per heavy atom. The second kappa shape index (κ2) is 14.0. The first-order valence-corrected chi connectivity index (χ1v) is 11.6. The third-order valence-electron chi connectivity index (χ3n) is 4.25. The number of ether oxygens (including phenoxy) is 3. The highest BCUT2D eigenvalue weighted by Gasteiger charge is 2.21. The van der Waals surface area contributed by atoms with Crippen molar-refractivity contribution in [3.05, 3.63) is 57.2 Å². The van der Waals surface area contributed by atoms with Crippen LogP contribution in [0.5, 0.6) is 11.5 Å². The van der Waals surface area contributed by atoms with Gasteiger partial charge in [-0.3, -0.25) is 9.59 Å². The quantitative estimate of drug-likeness (QED) is 0.199.